The molecule has 0 radical (unpaired) electrons. The van der Waals surface area contributed by atoms with Crippen molar-refractivity contribution >= 4 is 12.0 Å². The molecule has 6 heteroatoms. The number of rotatable bonds is 6. The summed E-state index contributed by atoms with van der Waals surface area (Å²) in [6.45, 7) is 2.92. The van der Waals surface area contributed by atoms with Crippen LogP contribution in [-0.4, -0.2) is 34.6 Å². The first kappa shape index (κ1) is 15.2. The number of carbonyl (C=O) groups is 2. The van der Waals surface area contributed by atoms with Crippen molar-refractivity contribution in [1.82, 2.24) is 10.2 Å². The maximum atomic E-state index is 12.1. The molecule has 0 fully saturated rings. The SMILES string of the molecule is CCCC[C@H]1C=CCN1C(=O)NCc1ccc(C(=O)O)o1. The molecule has 1 aliphatic heterocycles. The van der Waals surface area contributed by atoms with Crippen LogP contribution in [0.4, 0.5) is 4.79 Å². The summed E-state index contributed by atoms with van der Waals surface area (Å²) < 4.78 is 5.10. The number of aromatic carboxylic acids is 1. The second kappa shape index (κ2) is 6.97. The Morgan fingerprint density at radius 3 is 2.95 bits per heavy atom. The lowest BCUT2D eigenvalue weighted by Crippen LogP contribution is -2.42. The van der Waals surface area contributed by atoms with Crippen LogP contribution < -0.4 is 5.32 Å². The lowest BCUT2D eigenvalue weighted by molar-refractivity contribution is 0.0660. The van der Waals surface area contributed by atoms with Gasteiger partial charge in [0, 0.05) is 6.54 Å². The molecule has 1 aliphatic rings. The Morgan fingerprint density at radius 2 is 2.29 bits per heavy atom. The van der Waals surface area contributed by atoms with Gasteiger partial charge in [0.25, 0.3) is 0 Å². The van der Waals surface area contributed by atoms with Crippen LogP contribution in [0.1, 0.15) is 42.5 Å². The minimum Gasteiger partial charge on any atom is -0.475 e. The van der Waals surface area contributed by atoms with E-state index in [1.165, 1.54) is 6.07 Å². The van der Waals surface area contributed by atoms with Crippen molar-refractivity contribution in [3.8, 4) is 0 Å². The minimum atomic E-state index is -1.11. The molecule has 0 saturated carbocycles. The van der Waals surface area contributed by atoms with Crippen molar-refractivity contribution in [3.05, 3.63) is 35.8 Å². The Hall–Kier alpha value is -2.24. The van der Waals surface area contributed by atoms with E-state index in [9.17, 15) is 9.59 Å². The van der Waals surface area contributed by atoms with E-state index in [1.807, 2.05) is 6.08 Å². The summed E-state index contributed by atoms with van der Waals surface area (Å²) >= 11 is 0. The number of carbonyl (C=O) groups excluding carboxylic acids is 1. The van der Waals surface area contributed by atoms with E-state index in [0.29, 0.717) is 12.3 Å². The fourth-order valence-corrected chi connectivity index (χ4v) is 2.32. The van der Waals surface area contributed by atoms with Gasteiger partial charge >= 0.3 is 12.0 Å². The Balaban J connectivity index is 1.84. The molecule has 6 nitrogen and oxygen atoms in total. The second-order valence-electron chi connectivity index (χ2n) is 5.02. The smallest absolute Gasteiger partial charge is 0.371 e. The van der Waals surface area contributed by atoms with Crippen molar-refractivity contribution in [2.45, 2.75) is 38.8 Å². The summed E-state index contributed by atoms with van der Waals surface area (Å²) in [5.74, 6) is -0.808. The molecule has 0 saturated heterocycles. The molecule has 2 N–H and O–H groups in total. The molecule has 21 heavy (non-hydrogen) atoms. The number of hydrogen-bond donors (Lipinski definition) is 2. The summed E-state index contributed by atoms with van der Waals surface area (Å²) in [6, 6.07) is 2.93. The van der Waals surface area contributed by atoms with Crippen LogP contribution in [-0.2, 0) is 6.54 Å². The van der Waals surface area contributed by atoms with E-state index in [-0.39, 0.29) is 24.4 Å². The summed E-state index contributed by atoms with van der Waals surface area (Å²) in [5.41, 5.74) is 0. The first-order valence-electron chi connectivity index (χ1n) is 7.15. The van der Waals surface area contributed by atoms with Crippen molar-refractivity contribution < 1.29 is 19.1 Å². The normalized spacial score (nSPS) is 17.2. The predicted octanol–water partition coefficient (Wildman–Crippen LogP) is 2.62. The van der Waals surface area contributed by atoms with E-state index in [1.54, 1.807) is 11.0 Å². The number of carboxylic acids is 1. The highest BCUT2D eigenvalue weighted by Gasteiger charge is 2.24. The largest absolute Gasteiger partial charge is 0.475 e. The van der Waals surface area contributed by atoms with Crippen molar-refractivity contribution in [1.29, 1.82) is 0 Å². The number of furan rings is 1. The third-order valence-corrected chi connectivity index (χ3v) is 3.46. The van der Waals surface area contributed by atoms with E-state index < -0.39 is 5.97 Å². The van der Waals surface area contributed by atoms with Gasteiger partial charge in [-0.1, -0.05) is 31.9 Å². The third kappa shape index (κ3) is 3.87. The first-order valence-corrected chi connectivity index (χ1v) is 7.15. The van der Waals surface area contributed by atoms with Crippen LogP contribution in [0.3, 0.4) is 0 Å². The van der Waals surface area contributed by atoms with Gasteiger partial charge in [-0.25, -0.2) is 9.59 Å². The maximum absolute atomic E-state index is 12.1. The maximum Gasteiger partial charge on any atom is 0.371 e. The van der Waals surface area contributed by atoms with E-state index in [0.717, 1.165) is 19.3 Å². The second-order valence-corrected chi connectivity index (χ2v) is 5.02. The molecule has 0 aliphatic carbocycles. The molecule has 1 atom stereocenters. The average molecular weight is 292 g/mol. The van der Waals surface area contributed by atoms with E-state index in [4.69, 9.17) is 9.52 Å². The van der Waals surface area contributed by atoms with E-state index in [2.05, 4.69) is 18.3 Å². The van der Waals surface area contributed by atoms with Crippen molar-refractivity contribution in [3.63, 3.8) is 0 Å². The van der Waals surface area contributed by atoms with Gasteiger partial charge in [0.15, 0.2) is 0 Å². The highest BCUT2D eigenvalue weighted by atomic mass is 16.4. The van der Waals surface area contributed by atoms with Gasteiger partial charge in [-0.15, -0.1) is 0 Å². The van der Waals surface area contributed by atoms with Crippen LogP contribution in [0.25, 0.3) is 0 Å². The Bertz CT molecular complexity index is 536. The Labute approximate surface area is 123 Å². The lowest BCUT2D eigenvalue weighted by atomic mass is 10.1. The number of amides is 2. The molecule has 0 unspecified atom stereocenters. The lowest BCUT2D eigenvalue weighted by Gasteiger charge is -2.24. The molecule has 1 aromatic rings. The molecule has 2 amide bonds. The van der Waals surface area contributed by atoms with Crippen LogP contribution in [0.15, 0.2) is 28.7 Å². The molecular weight excluding hydrogens is 272 g/mol. The van der Waals surface area contributed by atoms with Gasteiger partial charge in [0.05, 0.1) is 12.6 Å². The van der Waals surface area contributed by atoms with Gasteiger partial charge < -0.3 is 19.7 Å². The van der Waals surface area contributed by atoms with Gasteiger partial charge in [0.1, 0.15) is 5.76 Å². The van der Waals surface area contributed by atoms with Gasteiger partial charge in [-0.3, -0.25) is 0 Å². The highest BCUT2D eigenvalue weighted by Crippen LogP contribution is 2.16. The van der Waals surface area contributed by atoms with Gasteiger partial charge in [0.2, 0.25) is 5.76 Å². The third-order valence-electron chi connectivity index (χ3n) is 3.46. The molecule has 1 aromatic heterocycles. The first-order chi connectivity index (χ1) is 10.1. The number of nitrogens with zero attached hydrogens (tertiary/aromatic N) is 1. The molecule has 2 rings (SSSR count). The average Bonchev–Trinajstić information content (AvgIpc) is 3.11. The van der Waals surface area contributed by atoms with Gasteiger partial charge in [-0.05, 0) is 18.6 Å². The molecule has 114 valence electrons. The molecular formula is C15H20N2O4. The zero-order valence-electron chi connectivity index (χ0n) is 12.0. The Morgan fingerprint density at radius 1 is 1.48 bits per heavy atom. The number of urea groups is 1. The van der Waals surface area contributed by atoms with Gasteiger partial charge in [-0.2, -0.15) is 0 Å². The van der Waals surface area contributed by atoms with Crippen LogP contribution in [0.5, 0.6) is 0 Å². The zero-order chi connectivity index (χ0) is 15.2. The van der Waals surface area contributed by atoms with Crippen LogP contribution >= 0.6 is 0 Å². The summed E-state index contributed by atoms with van der Waals surface area (Å²) in [5, 5.41) is 11.5. The zero-order valence-corrected chi connectivity index (χ0v) is 12.0. The quantitative estimate of drug-likeness (QED) is 0.789. The fraction of sp³-hybridized carbons (Fsp3) is 0.467. The Kier molecular flexibility index (Phi) is 5.03. The summed E-state index contributed by atoms with van der Waals surface area (Å²) in [6.07, 6.45) is 7.20. The predicted molar refractivity (Wildman–Crippen MR) is 77.1 cm³/mol. The van der Waals surface area contributed by atoms with Crippen molar-refractivity contribution in [2.24, 2.45) is 0 Å². The molecule has 0 bridgehead atoms. The van der Waals surface area contributed by atoms with E-state index >= 15 is 0 Å². The van der Waals surface area contributed by atoms with Crippen LogP contribution in [0.2, 0.25) is 0 Å². The highest BCUT2D eigenvalue weighted by molar-refractivity contribution is 5.84. The molecule has 0 aromatic carbocycles. The summed E-state index contributed by atoms with van der Waals surface area (Å²) in [7, 11) is 0. The number of unbranched alkanes of at least 4 members (excludes halogenated alkanes) is 1. The molecule has 0 spiro atoms. The molecule has 2 heterocycles. The minimum absolute atomic E-state index is 0.122. The topological polar surface area (TPSA) is 82.8 Å². The number of hydrogen-bond acceptors (Lipinski definition) is 3. The summed E-state index contributed by atoms with van der Waals surface area (Å²) in [4.78, 5) is 24.6. The number of nitrogens with one attached hydrogen (secondary N) is 1. The number of carboxylic acid groups (broad SMARTS) is 1. The van der Waals surface area contributed by atoms with Crippen LogP contribution in [0, 0.1) is 0 Å². The van der Waals surface area contributed by atoms with Crippen molar-refractivity contribution in [2.75, 3.05) is 6.54 Å². The standard InChI is InChI=1S/C15H20N2O4/c1-2-3-5-11-6-4-9-17(11)15(20)16-10-12-7-8-13(21-12)14(18)19/h4,6-8,11H,2-3,5,9-10H2,1H3,(H,16,20)(H,18,19)/t11-/m0/s1. The monoisotopic (exact) mass is 292 g/mol. The fourth-order valence-electron chi connectivity index (χ4n) is 2.32.